The number of rotatable bonds is 6. The third kappa shape index (κ3) is 3.93. The Bertz CT molecular complexity index is 545. The monoisotopic (exact) mass is 325 g/mol. The zero-order valence-electron chi connectivity index (χ0n) is 15.0. The predicted molar refractivity (Wildman–Crippen MR) is 103 cm³/mol. The average Bonchev–Trinajstić information content (AvgIpc) is 2.52. The molecule has 0 heterocycles. The van der Waals surface area contributed by atoms with Crippen molar-refractivity contribution >= 4 is 18.7 Å². The Hall–Kier alpha value is -1.38. The molecular weight excluding hydrogens is 296 g/mol. The van der Waals surface area contributed by atoms with Gasteiger partial charge in [-0.3, -0.25) is 0 Å². The fourth-order valence-corrected chi connectivity index (χ4v) is 7.63. The Morgan fingerprint density at radius 2 is 1.30 bits per heavy atom. The molecule has 0 saturated heterocycles. The van der Waals surface area contributed by atoms with E-state index in [1.54, 1.807) is 0 Å². The molecule has 2 aromatic rings. The fourth-order valence-electron chi connectivity index (χ4n) is 3.13. The van der Waals surface area contributed by atoms with Gasteiger partial charge in [-0.1, -0.05) is 95.3 Å². The Morgan fingerprint density at radius 1 is 0.870 bits per heavy atom. The van der Waals surface area contributed by atoms with E-state index in [0.29, 0.717) is 12.5 Å². The van der Waals surface area contributed by atoms with Gasteiger partial charge in [-0.2, -0.15) is 0 Å². The van der Waals surface area contributed by atoms with Gasteiger partial charge < -0.3 is 4.43 Å². The van der Waals surface area contributed by atoms with Crippen LogP contribution in [0.2, 0.25) is 5.04 Å². The van der Waals surface area contributed by atoms with E-state index in [1.807, 2.05) is 0 Å². The van der Waals surface area contributed by atoms with E-state index in [1.165, 1.54) is 10.4 Å². The molecule has 0 aliphatic heterocycles. The van der Waals surface area contributed by atoms with Crippen molar-refractivity contribution in [3.05, 3.63) is 67.1 Å². The molecule has 2 rings (SSSR count). The minimum atomic E-state index is -2.35. The summed E-state index contributed by atoms with van der Waals surface area (Å²) in [6, 6.07) is 21.6. The van der Waals surface area contributed by atoms with Gasteiger partial charge in [0.05, 0.1) is 0 Å². The average molecular weight is 326 g/mol. The van der Waals surface area contributed by atoms with Crippen LogP contribution in [0.5, 0.6) is 0 Å². The van der Waals surface area contributed by atoms with Crippen LogP contribution in [0.4, 0.5) is 0 Å². The van der Waals surface area contributed by atoms with Crippen molar-refractivity contribution in [2.45, 2.75) is 39.7 Å². The number of hydrogen-bond acceptors (Lipinski definition) is 1. The molecule has 0 bridgehead atoms. The van der Waals surface area contributed by atoms with Crippen LogP contribution < -0.4 is 10.4 Å². The van der Waals surface area contributed by atoms with Gasteiger partial charge in [0.15, 0.2) is 0 Å². The van der Waals surface area contributed by atoms with Gasteiger partial charge in [0.25, 0.3) is 8.32 Å². The molecule has 0 unspecified atom stereocenters. The summed E-state index contributed by atoms with van der Waals surface area (Å²) in [5.41, 5.74) is 0. The van der Waals surface area contributed by atoms with E-state index >= 15 is 0 Å². The largest absolute Gasteiger partial charge is 0.407 e. The maximum atomic E-state index is 6.76. The maximum absolute atomic E-state index is 6.76. The molecule has 1 nitrogen and oxygen atoms in total. The van der Waals surface area contributed by atoms with Crippen LogP contribution in [0.3, 0.4) is 0 Å². The molecule has 0 N–H and O–H groups in total. The summed E-state index contributed by atoms with van der Waals surface area (Å²) >= 11 is 0. The van der Waals surface area contributed by atoms with Crippen LogP contribution >= 0.6 is 0 Å². The first-order valence-electron chi connectivity index (χ1n) is 8.46. The minimum Gasteiger partial charge on any atom is -0.407 e. The highest BCUT2D eigenvalue weighted by Crippen LogP contribution is 2.36. The van der Waals surface area contributed by atoms with Crippen LogP contribution in [0.15, 0.2) is 60.7 Å². The standard InChI is InChI=1S/C21H29OSi/c1-18(2)16-17-22-23(21(3,4)5,19-12-8-6-9-13-19)20-14-10-7-11-15-20/h6-16,18H,17H2,1-5H3. The highest BCUT2D eigenvalue weighted by molar-refractivity contribution is 6.99. The summed E-state index contributed by atoms with van der Waals surface area (Å²) in [5.74, 6) is 0.535. The third-order valence-corrected chi connectivity index (χ3v) is 9.29. The zero-order valence-corrected chi connectivity index (χ0v) is 16.0. The molecule has 23 heavy (non-hydrogen) atoms. The maximum Gasteiger partial charge on any atom is 0.261 e. The van der Waals surface area contributed by atoms with Gasteiger partial charge in [0.2, 0.25) is 0 Å². The molecule has 1 radical (unpaired) electrons. The molecule has 0 aromatic heterocycles. The van der Waals surface area contributed by atoms with Crippen LogP contribution in [0.1, 0.15) is 34.6 Å². The highest BCUT2D eigenvalue weighted by Gasteiger charge is 2.49. The molecule has 0 atom stereocenters. The van der Waals surface area contributed by atoms with Gasteiger partial charge >= 0.3 is 0 Å². The van der Waals surface area contributed by atoms with Crippen molar-refractivity contribution < 1.29 is 4.43 Å². The quantitative estimate of drug-likeness (QED) is 0.714. The van der Waals surface area contributed by atoms with Gasteiger partial charge in [-0.25, -0.2) is 0 Å². The second kappa shape index (κ2) is 7.46. The molecule has 0 spiro atoms. The third-order valence-electron chi connectivity index (χ3n) is 4.28. The van der Waals surface area contributed by atoms with Gasteiger partial charge in [-0.15, -0.1) is 0 Å². The minimum absolute atomic E-state index is 0.0561. The summed E-state index contributed by atoms with van der Waals surface area (Å²) in [6.07, 6.45) is 2.26. The summed E-state index contributed by atoms with van der Waals surface area (Å²) in [7, 11) is -2.35. The Balaban J connectivity index is 2.55. The fraction of sp³-hybridized carbons (Fsp3) is 0.381. The lowest BCUT2D eigenvalue weighted by Gasteiger charge is -2.43. The first kappa shape index (κ1) is 18.0. The topological polar surface area (TPSA) is 9.23 Å². The lowest BCUT2D eigenvalue weighted by Crippen LogP contribution is -2.66. The Labute approximate surface area is 142 Å². The van der Waals surface area contributed by atoms with Crippen molar-refractivity contribution in [3.63, 3.8) is 0 Å². The predicted octanol–water partition coefficient (Wildman–Crippen LogP) is 4.42. The van der Waals surface area contributed by atoms with Gasteiger partial charge in [-0.05, 0) is 27.8 Å². The normalized spacial score (nSPS) is 12.6. The Kier molecular flexibility index (Phi) is 5.82. The van der Waals surface area contributed by atoms with Crippen molar-refractivity contribution in [3.8, 4) is 0 Å². The smallest absolute Gasteiger partial charge is 0.261 e. The second-order valence-corrected chi connectivity index (χ2v) is 11.8. The SMILES string of the molecule is CC(C)[CH]CO[Si](c1ccccc1)(c1ccccc1)C(C)(C)C. The van der Waals surface area contributed by atoms with E-state index in [0.717, 1.165) is 0 Å². The summed E-state index contributed by atoms with van der Waals surface area (Å²) in [6.45, 7) is 12.0. The van der Waals surface area contributed by atoms with Crippen molar-refractivity contribution in [1.82, 2.24) is 0 Å². The first-order valence-corrected chi connectivity index (χ1v) is 10.4. The summed E-state index contributed by atoms with van der Waals surface area (Å²) in [5, 5.41) is 2.74. The first-order chi connectivity index (χ1) is 10.9. The van der Waals surface area contributed by atoms with Gasteiger partial charge in [0, 0.05) is 6.61 Å². The molecular formula is C21H29OSi. The van der Waals surface area contributed by atoms with E-state index in [9.17, 15) is 0 Å². The molecule has 2 aromatic carbocycles. The lowest BCUT2D eigenvalue weighted by atomic mass is 10.2. The summed E-state index contributed by atoms with van der Waals surface area (Å²) < 4.78 is 6.76. The van der Waals surface area contributed by atoms with E-state index in [2.05, 4.69) is 102 Å². The van der Waals surface area contributed by atoms with Crippen molar-refractivity contribution in [2.24, 2.45) is 5.92 Å². The molecule has 0 saturated carbocycles. The van der Waals surface area contributed by atoms with Crippen LogP contribution in [-0.4, -0.2) is 14.9 Å². The van der Waals surface area contributed by atoms with Crippen molar-refractivity contribution in [2.75, 3.05) is 6.61 Å². The van der Waals surface area contributed by atoms with Crippen molar-refractivity contribution in [1.29, 1.82) is 0 Å². The van der Waals surface area contributed by atoms with Crippen LogP contribution in [0.25, 0.3) is 0 Å². The van der Waals surface area contributed by atoms with E-state index in [4.69, 9.17) is 4.43 Å². The van der Waals surface area contributed by atoms with Gasteiger partial charge in [0.1, 0.15) is 0 Å². The molecule has 123 valence electrons. The van der Waals surface area contributed by atoms with Crippen LogP contribution in [-0.2, 0) is 4.43 Å². The van der Waals surface area contributed by atoms with E-state index < -0.39 is 8.32 Å². The molecule has 2 heteroatoms. The summed E-state index contributed by atoms with van der Waals surface area (Å²) in [4.78, 5) is 0. The second-order valence-electron chi connectivity index (χ2n) is 7.45. The Morgan fingerprint density at radius 3 is 1.65 bits per heavy atom. The molecule has 0 fully saturated rings. The molecule has 0 amide bonds. The highest BCUT2D eigenvalue weighted by atomic mass is 28.4. The molecule has 0 aliphatic rings. The van der Waals surface area contributed by atoms with Crippen LogP contribution in [0, 0.1) is 12.3 Å². The lowest BCUT2D eigenvalue weighted by molar-refractivity contribution is 0.315. The van der Waals surface area contributed by atoms with E-state index in [-0.39, 0.29) is 5.04 Å². The number of hydrogen-bond donors (Lipinski definition) is 0. The zero-order chi connectivity index (χ0) is 16.9. The molecule has 0 aliphatic carbocycles. The number of benzene rings is 2.